The Kier molecular flexibility index (Phi) is 3.99. The topological polar surface area (TPSA) is 90.0 Å². The maximum atomic E-state index is 11.3. The lowest BCUT2D eigenvalue weighted by atomic mass is 10.3. The van der Waals surface area contributed by atoms with E-state index in [0.29, 0.717) is 19.4 Å². The Balaban J connectivity index is 2.61. The highest BCUT2D eigenvalue weighted by Crippen LogP contribution is 1.99. The molecule has 0 bridgehead atoms. The molecule has 1 rings (SSSR count). The summed E-state index contributed by atoms with van der Waals surface area (Å²) in [6.45, 7) is 0.470. The summed E-state index contributed by atoms with van der Waals surface area (Å²) < 4.78 is 1.33. The van der Waals surface area contributed by atoms with Crippen LogP contribution in [0.2, 0.25) is 0 Å². The van der Waals surface area contributed by atoms with Gasteiger partial charge in [0.2, 0.25) is 5.91 Å². The van der Waals surface area contributed by atoms with Gasteiger partial charge in [0.15, 0.2) is 0 Å². The summed E-state index contributed by atoms with van der Waals surface area (Å²) in [4.78, 5) is 26.0. The summed E-state index contributed by atoms with van der Waals surface area (Å²) >= 11 is 0. The zero-order valence-corrected chi connectivity index (χ0v) is 8.56. The first kappa shape index (κ1) is 11.4. The summed E-state index contributed by atoms with van der Waals surface area (Å²) in [5, 5.41) is 2.53. The van der Waals surface area contributed by atoms with E-state index < -0.39 is 5.69 Å². The first-order valence-corrected chi connectivity index (χ1v) is 4.67. The Morgan fingerprint density at radius 1 is 1.67 bits per heavy atom. The molecule has 1 aromatic heterocycles. The lowest BCUT2D eigenvalue weighted by Gasteiger charge is -2.03. The Bertz CT molecular complexity index is 399. The molecule has 3 N–H and O–H groups in total. The number of rotatable bonds is 4. The number of amides is 1. The van der Waals surface area contributed by atoms with Crippen molar-refractivity contribution in [3.8, 4) is 0 Å². The van der Waals surface area contributed by atoms with Crippen molar-refractivity contribution in [2.75, 3.05) is 11.9 Å². The molecule has 0 aromatic carbocycles. The van der Waals surface area contributed by atoms with Crippen LogP contribution in [0.1, 0.15) is 12.8 Å². The van der Waals surface area contributed by atoms with E-state index in [4.69, 9.17) is 5.73 Å². The second-order valence-corrected chi connectivity index (χ2v) is 3.15. The number of carbonyl (C=O) groups excluding carboxylic acids is 1. The molecule has 6 heteroatoms. The fourth-order valence-corrected chi connectivity index (χ4v) is 1.00. The fourth-order valence-electron chi connectivity index (χ4n) is 1.00. The number of carbonyl (C=O) groups is 1. The molecule has 6 nitrogen and oxygen atoms in total. The van der Waals surface area contributed by atoms with Gasteiger partial charge in [-0.15, -0.1) is 0 Å². The van der Waals surface area contributed by atoms with Crippen LogP contribution in [0.5, 0.6) is 0 Å². The van der Waals surface area contributed by atoms with Gasteiger partial charge >= 0.3 is 5.69 Å². The maximum Gasteiger partial charge on any atom is 0.349 e. The van der Waals surface area contributed by atoms with Gasteiger partial charge in [-0.05, 0) is 19.0 Å². The zero-order chi connectivity index (χ0) is 11.3. The Morgan fingerprint density at radius 2 is 2.40 bits per heavy atom. The minimum atomic E-state index is -0.397. The average molecular weight is 210 g/mol. The van der Waals surface area contributed by atoms with Crippen molar-refractivity contribution in [3.63, 3.8) is 0 Å². The minimum absolute atomic E-state index is 0.179. The van der Waals surface area contributed by atoms with Crippen LogP contribution in [-0.4, -0.2) is 22.0 Å². The summed E-state index contributed by atoms with van der Waals surface area (Å²) in [6.07, 6.45) is 2.51. The van der Waals surface area contributed by atoms with Crippen molar-refractivity contribution in [3.05, 3.63) is 22.7 Å². The molecule has 1 aromatic rings. The fraction of sp³-hybridized carbons (Fsp3) is 0.444. The monoisotopic (exact) mass is 210 g/mol. The second-order valence-electron chi connectivity index (χ2n) is 3.15. The van der Waals surface area contributed by atoms with Crippen LogP contribution in [0.4, 0.5) is 5.82 Å². The summed E-state index contributed by atoms with van der Waals surface area (Å²) in [5.41, 5.74) is 4.87. The van der Waals surface area contributed by atoms with Crippen LogP contribution in [-0.2, 0) is 11.8 Å². The number of hydrogen-bond acceptors (Lipinski definition) is 4. The van der Waals surface area contributed by atoms with E-state index in [-0.39, 0.29) is 11.7 Å². The van der Waals surface area contributed by atoms with E-state index in [2.05, 4.69) is 10.3 Å². The van der Waals surface area contributed by atoms with E-state index in [1.54, 1.807) is 19.3 Å². The van der Waals surface area contributed by atoms with Crippen LogP contribution >= 0.6 is 0 Å². The molecule has 0 aliphatic carbocycles. The van der Waals surface area contributed by atoms with E-state index in [9.17, 15) is 9.59 Å². The van der Waals surface area contributed by atoms with Gasteiger partial charge in [0.25, 0.3) is 0 Å². The molecule has 0 fully saturated rings. The molecule has 1 heterocycles. The molecular formula is C9H14N4O2. The van der Waals surface area contributed by atoms with Gasteiger partial charge in [-0.2, -0.15) is 4.98 Å². The summed E-state index contributed by atoms with van der Waals surface area (Å²) in [6, 6.07) is 1.57. The number of aryl methyl sites for hydroxylation is 1. The molecule has 0 aliphatic rings. The van der Waals surface area contributed by atoms with Gasteiger partial charge < -0.3 is 15.6 Å². The largest absolute Gasteiger partial charge is 0.349 e. The first-order valence-electron chi connectivity index (χ1n) is 4.67. The van der Waals surface area contributed by atoms with Gasteiger partial charge in [0.05, 0.1) is 0 Å². The summed E-state index contributed by atoms with van der Waals surface area (Å²) in [5.74, 6) is 0.0984. The second kappa shape index (κ2) is 5.26. The lowest BCUT2D eigenvalue weighted by Crippen LogP contribution is -2.22. The van der Waals surface area contributed by atoms with Crippen LogP contribution in [0, 0.1) is 0 Å². The number of hydrogen-bond donors (Lipinski definition) is 2. The third kappa shape index (κ3) is 3.51. The third-order valence-corrected chi connectivity index (χ3v) is 1.85. The van der Waals surface area contributed by atoms with Crippen molar-refractivity contribution in [2.45, 2.75) is 12.8 Å². The lowest BCUT2D eigenvalue weighted by molar-refractivity contribution is -0.116. The molecular weight excluding hydrogens is 196 g/mol. The van der Waals surface area contributed by atoms with E-state index in [0.717, 1.165) is 0 Å². The molecule has 0 atom stereocenters. The average Bonchev–Trinajstić information content (AvgIpc) is 2.20. The highest BCUT2D eigenvalue weighted by atomic mass is 16.2. The van der Waals surface area contributed by atoms with Crippen LogP contribution in [0.25, 0.3) is 0 Å². The predicted octanol–water partition coefficient (Wildman–Crippen LogP) is -0.542. The van der Waals surface area contributed by atoms with Crippen LogP contribution in [0.15, 0.2) is 17.1 Å². The minimum Gasteiger partial charge on any atom is -0.330 e. The first-order chi connectivity index (χ1) is 7.13. The normalized spacial score (nSPS) is 10.0. The smallest absolute Gasteiger partial charge is 0.330 e. The quantitative estimate of drug-likeness (QED) is 0.698. The molecule has 0 unspecified atom stereocenters. The number of aromatic nitrogens is 2. The standard InChI is InChI=1S/C9H14N4O2/c1-13-6-4-7(12-9(13)15)11-8(14)3-2-5-10/h4,6H,2-3,5,10H2,1H3,(H,11,12,14,15). The van der Waals surface area contributed by atoms with E-state index >= 15 is 0 Å². The zero-order valence-electron chi connectivity index (χ0n) is 8.56. The number of anilines is 1. The Morgan fingerprint density at radius 3 is 3.00 bits per heavy atom. The van der Waals surface area contributed by atoms with E-state index in [1.807, 2.05) is 0 Å². The van der Waals surface area contributed by atoms with Crippen molar-refractivity contribution in [1.82, 2.24) is 9.55 Å². The molecule has 0 aliphatic heterocycles. The molecule has 15 heavy (non-hydrogen) atoms. The third-order valence-electron chi connectivity index (χ3n) is 1.85. The Hall–Kier alpha value is -1.69. The maximum absolute atomic E-state index is 11.3. The van der Waals surface area contributed by atoms with Gasteiger partial charge in [-0.25, -0.2) is 4.79 Å². The highest BCUT2D eigenvalue weighted by Gasteiger charge is 2.03. The summed E-state index contributed by atoms with van der Waals surface area (Å²) in [7, 11) is 1.59. The SMILES string of the molecule is Cn1ccc(NC(=O)CCCN)nc1=O. The van der Waals surface area contributed by atoms with Crippen LogP contribution < -0.4 is 16.7 Å². The van der Waals surface area contributed by atoms with Gasteiger partial charge in [-0.1, -0.05) is 0 Å². The number of nitrogens with zero attached hydrogens (tertiary/aromatic N) is 2. The van der Waals surface area contributed by atoms with E-state index in [1.165, 1.54) is 4.57 Å². The van der Waals surface area contributed by atoms with Crippen LogP contribution in [0.3, 0.4) is 0 Å². The molecule has 82 valence electrons. The van der Waals surface area contributed by atoms with Crippen molar-refractivity contribution < 1.29 is 4.79 Å². The predicted molar refractivity (Wildman–Crippen MR) is 56.4 cm³/mol. The van der Waals surface area contributed by atoms with Gasteiger partial charge in [0, 0.05) is 19.7 Å². The van der Waals surface area contributed by atoms with Crippen molar-refractivity contribution in [2.24, 2.45) is 12.8 Å². The Labute approximate surface area is 87.1 Å². The molecule has 1 amide bonds. The van der Waals surface area contributed by atoms with Gasteiger partial charge in [0.1, 0.15) is 5.82 Å². The molecule has 0 saturated heterocycles. The van der Waals surface area contributed by atoms with Crippen molar-refractivity contribution in [1.29, 1.82) is 0 Å². The highest BCUT2D eigenvalue weighted by molar-refractivity contribution is 5.89. The number of nitrogens with two attached hydrogens (primary N) is 1. The van der Waals surface area contributed by atoms with Crippen molar-refractivity contribution >= 4 is 11.7 Å². The molecule has 0 radical (unpaired) electrons. The molecule has 0 saturated carbocycles. The number of nitrogens with one attached hydrogen (secondary N) is 1. The van der Waals surface area contributed by atoms with Gasteiger partial charge in [-0.3, -0.25) is 4.79 Å². The molecule has 0 spiro atoms.